The van der Waals surface area contributed by atoms with Crippen LogP contribution in [0.25, 0.3) is 11.0 Å². The van der Waals surface area contributed by atoms with Gasteiger partial charge in [-0.3, -0.25) is 9.59 Å². The number of carbonyl (C=O) groups is 2. The van der Waals surface area contributed by atoms with Gasteiger partial charge in [-0.1, -0.05) is 12.1 Å². The molecule has 3 aromatic rings. The summed E-state index contributed by atoms with van der Waals surface area (Å²) in [4.78, 5) is 26.0. The molecule has 0 fully saturated rings. The highest BCUT2D eigenvalue weighted by Gasteiger charge is 2.27. The standard InChI is InChI=1S/C23H23F3N2O3/c1-14-8-19-18(12-31-20(19)9-15(14)2)10-21(29)28(3)11-16-4-6-17(7-5-16)22(30)27-13-23(24,25)26/h4-9,12H,10-11,13H2,1-3H3,(H,27,30). The average molecular weight is 432 g/mol. The number of nitrogens with zero attached hydrogens (tertiary/aromatic N) is 1. The lowest BCUT2D eigenvalue weighted by Crippen LogP contribution is -2.33. The molecular formula is C23H23F3N2O3. The number of halogens is 3. The summed E-state index contributed by atoms with van der Waals surface area (Å²) in [5.74, 6) is -0.904. The van der Waals surface area contributed by atoms with Crippen molar-refractivity contribution in [2.45, 2.75) is 33.0 Å². The summed E-state index contributed by atoms with van der Waals surface area (Å²) in [5.41, 5.74) is 4.67. The van der Waals surface area contributed by atoms with Crippen molar-refractivity contribution < 1.29 is 27.2 Å². The molecule has 0 bridgehead atoms. The Morgan fingerprint density at radius 3 is 2.35 bits per heavy atom. The average Bonchev–Trinajstić information content (AvgIpc) is 3.07. The maximum absolute atomic E-state index is 12.7. The number of hydrogen-bond acceptors (Lipinski definition) is 3. The molecule has 164 valence electrons. The van der Waals surface area contributed by atoms with Gasteiger partial charge in [0.1, 0.15) is 12.1 Å². The number of amides is 2. The SMILES string of the molecule is Cc1cc2occ(CC(=O)N(C)Cc3ccc(C(=O)NCC(F)(F)F)cc3)c2cc1C. The lowest BCUT2D eigenvalue weighted by atomic mass is 10.0. The smallest absolute Gasteiger partial charge is 0.405 e. The zero-order valence-corrected chi connectivity index (χ0v) is 17.5. The highest BCUT2D eigenvalue weighted by molar-refractivity contribution is 5.94. The van der Waals surface area contributed by atoms with E-state index in [0.29, 0.717) is 6.54 Å². The van der Waals surface area contributed by atoms with Crippen LogP contribution in [0.1, 0.15) is 32.6 Å². The monoisotopic (exact) mass is 432 g/mol. The van der Waals surface area contributed by atoms with Crippen LogP contribution in [0, 0.1) is 13.8 Å². The van der Waals surface area contributed by atoms with E-state index in [1.165, 1.54) is 12.1 Å². The van der Waals surface area contributed by atoms with E-state index in [0.717, 1.165) is 33.2 Å². The Bertz CT molecular complexity index is 1100. The first-order valence-corrected chi connectivity index (χ1v) is 9.68. The summed E-state index contributed by atoms with van der Waals surface area (Å²) >= 11 is 0. The largest absolute Gasteiger partial charge is 0.464 e. The van der Waals surface area contributed by atoms with Crippen molar-refractivity contribution in [3.05, 3.63) is 70.5 Å². The maximum atomic E-state index is 12.7. The molecule has 31 heavy (non-hydrogen) atoms. The van der Waals surface area contributed by atoms with Crippen LogP contribution in [-0.4, -0.2) is 36.5 Å². The minimum absolute atomic E-state index is 0.104. The molecule has 1 aromatic heterocycles. The van der Waals surface area contributed by atoms with Crippen molar-refractivity contribution in [2.24, 2.45) is 0 Å². The third-order valence-corrected chi connectivity index (χ3v) is 5.12. The molecular weight excluding hydrogens is 409 g/mol. The summed E-state index contributed by atoms with van der Waals surface area (Å²) < 4.78 is 42.2. The number of hydrogen-bond donors (Lipinski definition) is 1. The van der Waals surface area contributed by atoms with Crippen LogP contribution < -0.4 is 5.32 Å². The van der Waals surface area contributed by atoms with Gasteiger partial charge in [0.2, 0.25) is 5.91 Å². The highest BCUT2D eigenvalue weighted by atomic mass is 19.4. The first-order valence-electron chi connectivity index (χ1n) is 9.68. The molecule has 0 aliphatic heterocycles. The number of benzene rings is 2. The summed E-state index contributed by atoms with van der Waals surface area (Å²) in [6.07, 6.45) is -2.68. The molecule has 5 nitrogen and oxygen atoms in total. The molecule has 0 atom stereocenters. The molecule has 8 heteroatoms. The van der Waals surface area contributed by atoms with E-state index >= 15 is 0 Å². The minimum Gasteiger partial charge on any atom is -0.464 e. The fraction of sp³-hybridized carbons (Fsp3) is 0.304. The van der Waals surface area contributed by atoms with E-state index in [1.54, 1.807) is 30.3 Å². The Hall–Kier alpha value is -3.29. The molecule has 3 rings (SSSR count). The van der Waals surface area contributed by atoms with Gasteiger partial charge in [0, 0.05) is 30.1 Å². The first kappa shape index (κ1) is 22.4. The number of nitrogens with one attached hydrogen (secondary N) is 1. The van der Waals surface area contributed by atoms with Crippen LogP contribution >= 0.6 is 0 Å². The van der Waals surface area contributed by atoms with Crippen LogP contribution in [0.3, 0.4) is 0 Å². The van der Waals surface area contributed by atoms with Gasteiger partial charge >= 0.3 is 6.18 Å². The summed E-state index contributed by atoms with van der Waals surface area (Å²) in [6, 6.07) is 10.1. The van der Waals surface area contributed by atoms with Gasteiger partial charge in [-0.2, -0.15) is 13.2 Å². The van der Waals surface area contributed by atoms with Gasteiger partial charge in [-0.25, -0.2) is 0 Å². The number of alkyl halides is 3. The van der Waals surface area contributed by atoms with Crippen LogP contribution in [-0.2, 0) is 17.8 Å². The molecule has 0 saturated heterocycles. The normalized spacial score (nSPS) is 11.5. The van der Waals surface area contributed by atoms with E-state index in [2.05, 4.69) is 0 Å². The van der Waals surface area contributed by atoms with E-state index < -0.39 is 18.6 Å². The number of aryl methyl sites for hydroxylation is 2. The minimum atomic E-state index is -4.46. The molecule has 0 unspecified atom stereocenters. The zero-order chi connectivity index (χ0) is 22.8. The zero-order valence-electron chi connectivity index (χ0n) is 17.5. The lowest BCUT2D eigenvalue weighted by Gasteiger charge is -2.17. The van der Waals surface area contributed by atoms with E-state index in [4.69, 9.17) is 4.42 Å². The predicted octanol–water partition coefficient (Wildman–Crippen LogP) is 4.54. The Kier molecular flexibility index (Phi) is 6.38. The Morgan fingerprint density at radius 1 is 1.06 bits per heavy atom. The summed E-state index contributed by atoms with van der Waals surface area (Å²) in [7, 11) is 1.67. The quantitative estimate of drug-likeness (QED) is 0.622. The molecule has 1 N–H and O–H groups in total. The molecule has 2 aromatic carbocycles. The Balaban J connectivity index is 1.61. The van der Waals surface area contributed by atoms with Gasteiger partial charge in [0.25, 0.3) is 5.91 Å². The fourth-order valence-corrected chi connectivity index (χ4v) is 3.18. The van der Waals surface area contributed by atoms with E-state index in [-0.39, 0.29) is 17.9 Å². The van der Waals surface area contributed by atoms with E-state index in [1.807, 2.05) is 31.3 Å². The van der Waals surface area contributed by atoms with E-state index in [9.17, 15) is 22.8 Å². The van der Waals surface area contributed by atoms with Gasteiger partial charge in [-0.15, -0.1) is 0 Å². The van der Waals surface area contributed by atoms with Crippen LogP contribution in [0.15, 0.2) is 47.1 Å². The van der Waals surface area contributed by atoms with Crippen LogP contribution in [0.2, 0.25) is 0 Å². The maximum Gasteiger partial charge on any atom is 0.405 e. The van der Waals surface area contributed by atoms with Crippen molar-refractivity contribution in [1.82, 2.24) is 10.2 Å². The van der Waals surface area contributed by atoms with Crippen molar-refractivity contribution in [3.8, 4) is 0 Å². The van der Waals surface area contributed by atoms with Crippen molar-refractivity contribution in [1.29, 1.82) is 0 Å². The topological polar surface area (TPSA) is 62.6 Å². The highest BCUT2D eigenvalue weighted by Crippen LogP contribution is 2.25. The summed E-state index contributed by atoms with van der Waals surface area (Å²) in [6.45, 7) is 2.93. The molecule has 0 aliphatic rings. The third kappa shape index (κ3) is 5.65. The number of furan rings is 1. The number of rotatable bonds is 6. The molecule has 0 radical (unpaired) electrons. The van der Waals surface area contributed by atoms with Crippen molar-refractivity contribution in [3.63, 3.8) is 0 Å². The first-order chi connectivity index (χ1) is 14.5. The third-order valence-electron chi connectivity index (χ3n) is 5.12. The molecule has 0 saturated carbocycles. The van der Waals surface area contributed by atoms with Crippen LogP contribution in [0.4, 0.5) is 13.2 Å². The fourth-order valence-electron chi connectivity index (χ4n) is 3.18. The van der Waals surface area contributed by atoms with Gasteiger partial charge in [0.15, 0.2) is 0 Å². The van der Waals surface area contributed by atoms with Gasteiger partial charge in [0.05, 0.1) is 12.7 Å². The second-order valence-electron chi connectivity index (χ2n) is 7.61. The molecule has 1 heterocycles. The van der Waals surface area contributed by atoms with Crippen molar-refractivity contribution in [2.75, 3.05) is 13.6 Å². The lowest BCUT2D eigenvalue weighted by molar-refractivity contribution is -0.129. The molecule has 0 aliphatic carbocycles. The number of fused-ring (bicyclic) bond motifs is 1. The van der Waals surface area contributed by atoms with Crippen LogP contribution in [0.5, 0.6) is 0 Å². The molecule has 0 spiro atoms. The second kappa shape index (κ2) is 8.83. The Labute approximate surface area is 177 Å². The predicted molar refractivity (Wildman–Crippen MR) is 111 cm³/mol. The molecule has 2 amide bonds. The summed E-state index contributed by atoms with van der Waals surface area (Å²) in [5, 5.41) is 2.74. The van der Waals surface area contributed by atoms with Gasteiger partial charge < -0.3 is 14.6 Å². The number of likely N-dealkylation sites (N-methyl/N-ethyl adjacent to an activating group) is 1. The number of carbonyl (C=O) groups excluding carboxylic acids is 2. The second-order valence-corrected chi connectivity index (χ2v) is 7.61. The van der Waals surface area contributed by atoms with Crippen molar-refractivity contribution >= 4 is 22.8 Å². The Morgan fingerprint density at radius 2 is 1.71 bits per heavy atom. The van der Waals surface area contributed by atoms with Gasteiger partial charge in [-0.05, 0) is 54.8 Å².